The highest BCUT2D eigenvalue weighted by Crippen LogP contribution is 2.36. The van der Waals surface area contributed by atoms with Crippen LogP contribution in [0.3, 0.4) is 0 Å². The summed E-state index contributed by atoms with van der Waals surface area (Å²) >= 11 is 0. The van der Waals surface area contributed by atoms with E-state index in [-0.39, 0.29) is 17.5 Å². The summed E-state index contributed by atoms with van der Waals surface area (Å²) in [6.07, 6.45) is 9.51. The maximum Gasteiger partial charge on any atom is 0.162 e. The van der Waals surface area contributed by atoms with Crippen LogP contribution in [0.5, 0.6) is 0 Å². The molecule has 0 fully saturated rings. The molecule has 0 aromatic heterocycles. The van der Waals surface area contributed by atoms with Gasteiger partial charge in [-0.3, -0.25) is 4.79 Å². The molecule has 16 heavy (non-hydrogen) atoms. The van der Waals surface area contributed by atoms with E-state index in [1.165, 1.54) is 24.0 Å². The number of hydrogen-bond acceptors (Lipinski definition) is 2. The molecular formula is C14H18O2. The second-order valence-electron chi connectivity index (χ2n) is 4.79. The van der Waals surface area contributed by atoms with Crippen LogP contribution in [0.1, 0.15) is 45.4 Å². The van der Waals surface area contributed by atoms with Crippen molar-refractivity contribution in [3.63, 3.8) is 0 Å². The molecule has 0 aliphatic heterocycles. The maximum absolute atomic E-state index is 11.8. The first-order valence-electron chi connectivity index (χ1n) is 6.12. The number of rotatable bonds is 3. The van der Waals surface area contributed by atoms with Crippen LogP contribution in [0.15, 0.2) is 23.3 Å². The van der Waals surface area contributed by atoms with Crippen LogP contribution in [0, 0.1) is 5.92 Å². The van der Waals surface area contributed by atoms with E-state index >= 15 is 0 Å². The van der Waals surface area contributed by atoms with E-state index in [2.05, 4.69) is 0 Å². The van der Waals surface area contributed by atoms with Crippen LogP contribution < -0.4 is 0 Å². The first-order valence-corrected chi connectivity index (χ1v) is 6.12. The highest BCUT2D eigenvalue weighted by atomic mass is 16.1. The van der Waals surface area contributed by atoms with Gasteiger partial charge in [-0.1, -0.05) is 11.6 Å². The lowest BCUT2D eigenvalue weighted by atomic mass is 9.76. The number of Topliss-reactive ketones (excluding diaryl/α,β-unsaturated/α-hetero) is 1. The van der Waals surface area contributed by atoms with Crippen molar-refractivity contribution in [2.75, 3.05) is 0 Å². The Kier molecular flexibility index (Phi) is 3.37. The molecule has 0 radical (unpaired) electrons. The van der Waals surface area contributed by atoms with E-state index < -0.39 is 0 Å². The molecule has 1 atom stereocenters. The average molecular weight is 218 g/mol. The molecule has 1 unspecified atom stereocenters. The van der Waals surface area contributed by atoms with E-state index in [9.17, 15) is 9.59 Å². The maximum atomic E-state index is 11.8. The lowest BCUT2D eigenvalue weighted by molar-refractivity contribution is -0.119. The van der Waals surface area contributed by atoms with Gasteiger partial charge in [-0.25, -0.2) is 0 Å². The summed E-state index contributed by atoms with van der Waals surface area (Å²) in [5.74, 6) is 0.381. The fraction of sp³-hybridized carbons (Fsp3) is 0.571. The minimum absolute atomic E-state index is 0.00389. The Bertz CT molecular complexity index is 374. The summed E-state index contributed by atoms with van der Waals surface area (Å²) in [7, 11) is 0. The topological polar surface area (TPSA) is 34.1 Å². The van der Waals surface area contributed by atoms with Crippen molar-refractivity contribution in [1.29, 1.82) is 0 Å². The molecule has 0 aromatic carbocycles. The van der Waals surface area contributed by atoms with Crippen molar-refractivity contribution in [2.24, 2.45) is 5.92 Å². The number of carbonyl (C=O) groups is 2. The largest absolute Gasteiger partial charge is 0.300 e. The Morgan fingerprint density at radius 1 is 1.31 bits per heavy atom. The van der Waals surface area contributed by atoms with Crippen LogP contribution >= 0.6 is 0 Å². The van der Waals surface area contributed by atoms with Crippen molar-refractivity contribution in [1.82, 2.24) is 0 Å². The number of allylic oxidation sites excluding steroid dienone is 4. The molecule has 2 aliphatic rings. The molecule has 0 amide bonds. The Hall–Kier alpha value is -1.18. The average Bonchev–Trinajstić information content (AvgIpc) is 2.27. The van der Waals surface area contributed by atoms with Crippen LogP contribution in [-0.4, -0.2) is 11.6 Å². The van der Waals surface area contributed by atoms with Gasteiger partial charge in [-0.2, -0.15) is 0 Å². The third-order valence-corrected chi connectivity index (χ3v) is 3.55. The first-order chi connectivity index (χ1) is 7.68. The Morgan fingerprint density at radius 2 is 2.06 bits per heavy atom. The van der Waals surface area contributed by atoms with Crippen LogP contribution in [0.2, 0.25) is 0 Å². The fourth-order valence-electron chi connectivity index (χ4n) is 2.68. The van der Waals surface area contributed by atoms with Crippen molar-refractivity contribution in [3.8, 4) is 0 Å². The zero-order valence-corrected chi connectivity index (χ0v) is 9.79. The molecule has 86 valence electrons. The van der Waals surface area contributed by atoms with Crippen molar-refractivity contribution in [3.05, 3.63) is 23.3 Å². The minimum atomic E-state index is 0.00389. The third kappa shape index (κ3) is 2.31. The molecule has 0 saturated heterocycles. The number of ketones is 2. The SMILES string of the molecule is CC(=O)CCC1C(=O)C=CC2=C1CCCC2. The summed E-state index contributed by atoms with van der Waals surface area (Å²) in [5, 5.41) is 0. The monoisotopic (exact) mass is 218 g/mol. The molecule has 2 rings (SSSR count). The lowest BCUT2D eigenvalue weighted by Gasteiger charge is -2.27. The van der Waals surface area contributed by atoms with Crippen molar-refractivity contribution < 1.29 is 9.59 Å². The van der Waals surface area contributed by atoms with E-state index in [0.717, 1.165) is 12.8 Å². The van der Waals surface area contributed by atoms with Crippen LogP contribution in [-0.2, 0) is 9.59 Å². The van der Waals surface area contributed by atoms with Crippen molar-refractivity contribution in [2.45, 2.75) is 45.4 Å². The Labute approximate surface area is 96.4 Å². The number of hydrogen-bond donors (Lipinski definition) is 0. The highest BCUT2D eigenvalue weighted by Gasteiger charge is 2.27. The molecule has 2 aliphatic carbocycles. The van der Waals surface area contributed by atoms with Gasteiger partial charge in [-0.05, 0) is 50.7 Å². The van der Waals surface area contributed by atoms with Gasteiger partial charge in [0.2, 0.25) is 0 Å². The molecule has 0 heterocycles. The summed E-state index contributed by atoms with van der Waals surface area (Å²) in [6.45, 7) is 1.60. The standard InChI is InChI=1S/C14H18O2/c1-10(15)6-8-13-12-5-3-2-4-11(12)7-9-14(13)16/h7,9,13H,2-6,8H2,1H3. The fourth-order valence-corrected chi connectivity index (χ4v) is 2.68. The van der Waals surface area contributed by atoms with Gasteiger partial charge in [0.1, 0.15) is 5.78 Å². The van der Waals surface area contributed by atoms with Gasteiger partial charge >= 0.3 is 0 Å². The van der Waals surface area contributed by atoms with E-state index in [1.807, 2.05) is 6.08 Å². The Morgan fingerprint density at radius 3 is 2.81 bits per heavy atom. The molecule has 2 heteroatoms. The molecule has 0 N–H and O–H groups in total. The molecule has 2 nitrogen and oxygen atoms in total. The second kappa shape index (κ2) is 4.77. The normalized spacial score (nSPS) is 24.6. The molecule has 0 aromatic rings. The lowest BCUT2D eigenvalue weighted by Crippen LogP contribution is -2.22. The second-order valence-corrected chi connectivity index (χ2v) is 4.79. The van der Waals surface area contributed by atoms with Crippen LogP contribution in [0.4, 0.5) is 0 Å². The zero-order chi connectivity index (χ0) is 11.5. The van der Waals surface area contributed by atoms with Gasteiger partial charge in [0.05, 0.1) is 0 Å². The Balaban J connectivity index is 2.15. The summed E-state index contributed by atoms with van der Waals surface area (Å²) < 4.78 is 0. The quantitative estimate of drug-likeness (QED) is 0.729. The molecule has 0 spiro atoms. The predicted molar refractivity (Wildman–Crippen MR) is 63.0 cm³/mol. The van der Waals surface area contributed by atoms with Gasteiger partial charge in [0.25, 0.3) is 0 Å². The first kappa shape index (κ1) is 11.3. The third-order valence-electron chi connectivity index (χ3n) is 3.55. The van der Waals surface area contributed by atoms with Gasteiger partial charge in [0, 0.05) is 12.3 Å². The van der Waals surface area contributed by atoms with E-state index in [1.54, 1.807) is 13.0 Å². The zero-order valence-electron chi connectivity index (χ0n) is 9.79. The smallest absolute Gasteiger partial charge is 0.162 e. The summed E-state index contributed by atoms with van der Waals surface area (Å²) in [6, 6.07) is 0. The van der Waals surface area contributed by atoms with E-state index in [0.29, 0.717) is 12.8 Å². The summed E-state index contributed by atoms with van der Waals surface area (Å²) in [5.41, 5.74) is 2.68. The predicted octanol–water partition coefficient (Wildman–Crippen LogP) is 2.98. The minimum Gasteiger partial charge on any atom is -0.300 e. The van der Waals surface area contributed by atoms with Gasteiger partial charge < -0.3 is 4.79 Å². The van der Waals surface area contributed by atoms with Gasteiger partial charge in [-0.15, -0.1) is 0 Å². The van der Waals surface area contributed by atoms with Crippen LogP contribution in [0.25, 0.3) is 0 Å². The summed E-state index contributed by atoms with van der Waals surface area (Å²) in [4.78, 5) is 22.8. The van der Waals surface area contributed by atoms with E-state index in [4.69, 9.17) is 0 Å². The van der Waals surface area contributed by atoms with Crippen molar-refractivity contribution >= 4 is 11.6 Å². The highest BCUT2D eigenvalue weighted by molar-refractivity contribution is 5.96. The molecule has 0 bridgehead atoms. The number of carbonyl (C=O) groups excluding carboxylic acids is 2. The molecular weight excluding hydrogens is 200 g/mol. The van der Waals surface area contributed by atoms with Gasteiger partial charge in [0.15, 0.2) is 5.78 Å². The molecule has 0 saturated carbocycles.